The van der Waals surface area contributed by atoms with Crippen LogP contribution < -0.4 is 5.73 Å². The maximum absolute atomic E-state index is 11.2. The maximum Gasteiger partial charge on any atom is 0.282 e. The van der Waals surface area contributed by atoms with Crippen LogP contribution in [-0.4, -0.2) is 15.1 Å². The number of rotatable bonds is 3. The maximum atomic E-state index is 11.2. The molecule has 1 fully saturated rings. The number of nitro benzene ring substituents is 1. The molecule has 0 spiro atoms. The number of hydrogen-bond acceptors (Lipinski definition) is 6. The Morgan fingerprint density at radius 1 is 1.38 bits per heavy atom. The van der Waals surface area contributed by atoms with E-state index in [1.165, 1.54) is 6.07 Å². The number of hydrogen-bond donors (Lipinski definition) is 1. The zero-order valence-electron chi connectivity index (χ0n) is 11.7. The Kier molecular flexibility index (Phi) is 3.21. The summed E-state index contributed by atoms with van der Waals surface area (Å²) in [6.07, 6.45) is 3.68. The molecule has 2 aromatic rings. The molecule has 2 N–H and O–H groups in total. The summed E-state index contributed by atoms with van der Waals surface area (Å²) in [6.45, 7) is 1.78. The largest absolute Gasteiger partial charge is 0.334 e. The second-order valence-electron chi connectivity index (χ2n) is 5.51. The van der Waals surface area contributed by atoms with E-state index in [1.807, 2.05) is 0 Å². The third-order valence-electron chi connectivity index (χ3n) is 4.03. The zero-order chi connectivity index (χ0) is 15.0. The highest BCUT2D eigenvalue weighted by atomic mass is 16.6. The van der Waals surface area contributed by atoms with Gasteiger partial charge in [0.05, 0.1) is 10.5 Å². The predicted octanol–water partition coefficient (Wildman–Crippen LogP) is 2.68. The Morgan fingerprint density at radius 2 is 2.10 bits per heavy atom. The van der Waals surface area contributed by atoms with Crippen molar-refractivity contribution >= 4 is 5.69 Å². The van der Waals surface area contributed by atoms with E-state index in [1.54, 1.807) is 19.1 Å². The molecule has 0 saturated heterocycles. The Balaban J connectivity index is 2.07. The lowest BCUT2D eigenvalue weighted by Crippen LogP contribution is -2.34. The van der Waals surface area contributed by atoms with E-state index in [2.05, 4.69) is 10.1 Å². The fourth-order valence-corrected chi connectivity index (χ4v) is 2.84. The summed E-state index contributed by atoms with van der Waals surface area (Å²) in [6, 6.07) is 4.84. The molecule has 1 saturated carbocycles. The highest BCUT2D eigenvalue weighted by molar-refractivity contribution is 5.70. The van der Waals surface area contributed by atoms with Gasteiger partial charge < -0.3 is 10.3 Å². The van der Waals surface area contributed by atoms with Gasteiger partial charge in [-0.2, -0.15) is 4.98 Å². The van der Waals surface area contributed by atoms with Crippen molar-refractivity contribution in [1.82, 2.24) is 10.1 Å². The topological polar surface area (TPSA) is 108 Å². The second kappa shape index (κ2) is 4.92. The molecule has 1 aliphatic rings. The standard InChI is InChI=1S/C14H16N4O3/c1-9-5-4-6-10(18(19)20)11(9)12-16-13(17-21-12)14(15)7-2-3-8-14/h4-6H,2-3,7-8,15H2,1H3. The van der Waals surface area contributed by atoms with E-state index in [0.29, 0.717) is 11.4 Å². The van der Waals surface area contributed by atoms with Gasteiger partial charge in [0.25, 0.3) is 11.6 Å². The normalized spacial score (nSPS) is 17.0. The highest BCUT2D eigenvalue weighted by Gasteiger charge is 2.36. The van der Waals surface area contributed by atoms with E-state index < -0.39 is 10.5 Å². The number of benzene rings is 1. The SMILES string of the molecule is Cc1cccc([N+](=O)[O-])c1-c1nc(C2(N)CCCC2)no1. The fraction of sp³-hybridized carbons (Fsp3) is 0.429. The van der Waals surface area contributed by atoms with Crippen LogP contribution in [0, 0.1) is 17.0 Å². The minimum absolute atomic E-state index is 0.0392. The van der Waals surface area contributed by atoms with E-state index in [9.17, 15) is 10.1 Å². The van der Waals surface area contributed by atoms with Crippen molar-refractivity contribution in [2.45, 2.75) is 38.1 Å². The monoisotopic (exact) mass is 288 g/mol. The van der Waals surface area contributed by atoms with Crippen LogP contribution in [0.15, 0.2) is 22.7 Å². The summed E-state index contributed by atoms with van der Waals surface area (Å²) < 4.78 is 5.25. The van der Waals surface area contributed by atoms with Gasteiger partial charge in [0.2, 0.25) is 0 Å². The smallest absolute Gasteiger partial charge is 0.282 e. The van der Waals surface area contributed by atoms with Crippen molar-refractivity contribution in [2.75, 3.05) is 0 Å². The van der Waals surface area contributed by atoms with Gasteiger partial charge in [-0.25, -0.2) is 0 Å². The van der Waals surface area contributed by atoms with Gasteiger partial charge in [-0.15, -0.1) is 0 Å². The molecule has 7 heteroatoms. The van der Waals surface area contributed by atoms with Gasteiger partial charge in [-0.05, 0) is 25.3 Å². The van der Waals surface area contributed by atoms with Gasteiger partial charge in [0.15, 0.2) is 5.82 Å². The second-order valence-corrected chi connectivity index (χ2v) is 5.51. The molecule has 1 aliphatic carbocycles. The Morgan fingerprint density at radius 3 is 2.76 bits per heavy atom. The Bertz CT molecular complexity index is 689. The van der Waals surface area contributed by atoms with E-state index >= 15 is 0 Å². The lowest BCUT2D eigenvalue weighted by atomic mass is 9.98. The van der Waals surface area contributed by atoms with Crippen molar-refractivity contribution in [1.29, 1.82) is 0 Å². The third kappa shape index (κ3) is 2.29. The first-order chi connectivity index (χ1) is 10.0. The Hall–Kier alpha value is -2.28. The molecule has 0 bridgehead atoms. The molecule has 0 atom stereocenters. The molecular formula is C14H16N4O3. The lowest BCUT2D eigenvalue weighted by Gasteiger charge is -2.17. The summed E-state index contributed by atoms with van der Waals surface area (Å²) >= 11 is 0. The number of nitro groups is 1. The molecule has 1 aromatic heterocycles. The molecule has 0 unspecified atom stereocenters. The summed E-state index contributed by atoms with van der Waals surface area (Å²) in [5.74, 6) is 0.596. The molecule has 0 amide bonds. The Labute approximate surface area is 121 Å². The van der Waals surface area contributed by atoms with E-state index in [4.69, 9.17) is 10.3 Å². The van der Waals surface area contributed by atoms with E-state index in [-0.39, 0.29) is 11.6 Å². The third-order valence-corrected chi connectivity index (χ3v) is 4.03. The quantitative estimate of drug-likeness (QED) is 0.687. The van der Waals surface area contributed by atoms with Gasteiger partial charge in [-0.3, -0.25) is 10.1 Å². The van der Waals surface area contributed by atoms with Crippen LogP contribution in [0.4, 0.5) is 5.69 Å². The van der Waals surface area contributed by atoms with Crippen molar-refractivity contribution in [2.24, 2.45) is 5.73 Å². The first-order valence-corrected chi connectivity index (χ1v) is 6.89. The van der Waals surface area contributed by atoms with Crippen LogP contribution in [0.3, 0.4) is 0 Å². The van der Waals surface area contributed by atoms with E-state index in [0.717, 1.165) is 31.2 Å². The zero-order valence-corrected chi connectivity index (χ0v) is 11.7. The molecule has 1 heterocycles. The van der Waals surface area contributed by atoms with Gasteiger partial charge in [0.1, 0.15) is 5.56 Å². The van der Waals surface area contributed by atoms with Gasteiger partial charge >= 0.3 is 0 Å². The van der Waals surface area contributed by atoms with Gasteiger partial charge in [-0.1, -0.05) is 30.1 Å². The number of aryl methyl sites for hydroxylation is 1. The fourth-order valence-electron chi connectivity index (χ4n) is 2.84. The van der Waals surface area contributed by atoms with Crippen molar-refractivity contribution in [3.8, 4) is 11.5 Å². The van der Waals surface area contributed by atoms with Crippen LogP contribution >= 0.6 is 0 Å². The summed E-state index contributed by atoms with van der Waals surface area (Å²) in [7, 11) is 0. The summed E-state index contributed by atoms with van der Waals surface area (Å²) in [5, 5.41) is 15.1. The summed E-state index contributed by atoms with van der Waals surface area (Å²) in [4.78, 5) is 15.1. The molecular weight excluding hydrogens is 272 g/mol. The van der Waals surface area contributed by atoms with Crippen molar-refractivity contribution in [3.05, 3.63) is 39.7 Å². The number of aromatic nitrogens is 2. The molecule has 21 heavy (non-hydrogen) atoms. The highest BCUT2D eigenvalue weighted by Crippen LogP contribution is 2.37. The van der Waals surface area contributed by atoms with Crippen LogP contribution in [0.1, 0.15) is 37.1 Å². The van der Waals surface area contributed by atoms with Crippen LogP contribution in [0.5, 0.6) is 0 Å². The number of nitrogens with zero attached hydrogens (tertiary/aromatic N) is 3. The first kappa shape index (κ1) is 13.7. The predicted molar refractivity (Wildman–Crippen MR) is 75.5 cm³/mol. The van der Waals surface area contributed by atoms with Crippen molar-refractivity contribution < 1.29 is 9.45 Å². The minimum Gasteiger partial charge on any atom is -0.334 e. The molecule has 0 aliphatic heterocycles. The average molecular weight is 288 g/mol. The molecule has 7 nitrogen and oxygen atoms in total. The number of nitrogens with two attached hydrogens (primary N) is 1. The lowest BCUT2D eigenvalue weighted by molar-refractivity contribution is -0.384. The molecule has 110 valence electrons. The molecule has 3 rings (SSSR count). The molecule has 0 radical (unpaired) electrons. The molecule has 1 aromatic carbocycles. The van der Waals surface area contributed by atoms with Crippen LogP contribution in [-0.2, 0) is 5.54 Å². The van der Waals surface area contributed by atoms with Crippen LogP contribution in [0.25, 0.3) is 11.5 Å². The summed E-state index contributed by atoms with van der Waals surface area (Å²) in [5.41, 5.74) is 6.76. The first-order valence-electron chi connectivity index (χ1n) is 6.89. The van der Waals surface area contributed by atoms with Crippen LogP contribution in [0.2, 0.25) is 0 Å². The average Bonchev–Trinajstić information content (AvgIpc) is 3.08. The van der Waals surface area contributed by atoms with Gasteiger partial charge in [0, 0.05) is 6.07 Å². The van der Waals surface area contributed by atoms with Crippen molar-refractivity contribution in [3.63, 3.8) is 0 Å². The minimum atomic E-state index is -0.570.